The quantitative estimate of drug-likeness (QED) is 0.151. The van der Waals surface area contributed by atoms with Gasteiger partial charge in [-0.2, -0.15) is 8.42 Å². The van der Waals surface area contributed by atoms with Gasteiger partial charge in [0.1, 0.15) is 23.9 Å². The molecule has 0 aliphatic rings. The Labute approximate surface area is 299 Å². The lowest BCUT2D eigenvalue weighted by Gasteiger charge is -2.28. The first-order valence-electron chi connectivity index (χ1n) is 15.7. The number of phenolic OH excluding ortho intramolecular Hbond substituents is 1. The molecule has 3 rings (SSSR count). The molecule has 0 aliphatic carbocycles. The standard InChI is InChI=1S/C34H44FNO12S3/c1-7-33(2,3)22-45-23-34(4,5)21-36-32(38)26-11-14-29(37)31(17-26)48-51(43,44)47-28-12-8-24(9-13-28)18-46-30-15-10-25(19-49(6,39)40)16-27(30)20-50(35,41)42/h8-17,37H,7,18-23H2,1-6H3,(H,36,38). The third-order valence-electron chi connectivity index (χ3n) is 7.48. The van der Waals surface area contributed by atoms with Gasteiger partial charge in [0, 0.05) is 29.3 Å². The fraction of sp³-hybridized carbons (Fsp3) is 0.441. The van der Waals surface area contributed by atoms with Crippen LogP contribution in [0.3, 0.4) is 0 Å². The first-order chi connectivity index (χ1) is 23.4. The van der Waals surface area contributed by atoms with Crippen molar-refractivity contribution < 1.29 is 56.9 Å². The number of ether oxygens (including phenoxy) is 2. The van der Waals surface area contributed by atoms with Crippen molar-refractivity contribution >= 4 is 36.4 Å². The zero-order valence-electron chi connectivity index (χ0n) is 29.3. The highest BCUT2D eigenvalue weighted by Crippen LogP contribution is 2.30. The van der Waals surface area contributed by atoms with E-state index in [0.717, 1.165) is 24.8 Å². The minimum atomic E-state index is -4.97. The van der Waals surface area contributed by atoms with Crippen LogP contribution in [0.1, 0.15) is 68.1 Å². The number of rotatable bonds is 19. The van der Waals surface area contributed by atoms with E-state index in [-0.39, 0.29) is 52.5 Å². The molecule has 0 spiro atoms. The molecule has 13 nitrogen and oxygen atoms in total. The summed E-state index contributed by atoms with van der Waals surface area (Å²) in [6.07, 6.45) is 1.96. The summed E-state index contributed by atoms with van der Waals surface area (Å²) in [6.45, 7) is 11.2. The maximum Gasteiger partial charge on any atom is 0.501 e. The van der Waals surface area contributed by atoms with Crippen molar-refractivity contribution in [2.45, 2.75) is 59.2 Å². The Balaban J connectivity index is 1.62. The highest BCUT2D eigenvalue weighted by molar-refractivity contribution is 7.89. The number of hydrogen-bond donors (Lipinski definition) is 2. The second kappa shape index (κ2) is 16.6. The number of carbonyl (C=O) groups excluding carboxylic acids is 1. The van der Waals surface area contributed by atoms with Crippen LogP contribution in [0.5, 0.6) is 23.0 Å². The number of halogens is 1. The van der Waals surface area contributed by atoms with Crippen molar-refractivity contribution in [2.24, 2.45) is 10.8 Å². The number of aromatic hydroxyl groups is 1. The molecule has 0 saturated heterocycles. The summed E-state index contributed by atoms with van der Waals surface area (Å²) >= 11 is 0. The Hall–Kier alpha value is -3.93. The monoisotopic (exact) mass is 773 g/mol. The largest absolute Gasteiger partial charge is 0.504 e. The molecule has 17 heteroatoms. The van der Waals surface area contributed by atoms with Gasteiger partial charge < -0.3 is 28.3 Å². The third-order valence-corrected chi connectivity index (χ3v) is 9.78. The molecular formula is C34H44FNO12S3. The highest BCUT2D eigenvalue weighted by atomic mass is 32.3. The van der Waals surface area contributed by atoms with E-state index < -0.39 is 59.0 Å². The van der Waals surface area contributed by atoms with Gasteiger partial charge in [0.25, 0.3) is 5.91 Å². The van der Waals surface area contributed by atoms with E-state index in [1.165, 1.54) is 48.5 Å². The Kier molecular flexibility index (Phi) is 13.5. The first kappa shape index (κ1) is 41.5. The summed E-state index contributed by atoms with van der Waals surface area (Å²) in [6, 6.07) is 12.9. The van der Waals surface area contributed by atoms with Crippen LogP contribution in [0.25, 0.3) is 0 Å². The predicted molar refractivity (Wildman–Crippen MR) is 189 cm³/mol. The number of phenols is 1. The van der Waals surface area contributed by atoms with E-state index in [1.807, 2.05) is 13.8 Å². The van der Waals surface area contributed by atoms with Crippen LogP contribution >= 0.6 is 0 Å². The van der Waals surface area contributed by atoms with Gasteiger partial charge in [-0.15, -0.1) is 12.3 Å². The first-order valence-corrected chi connectivity index (χ1v) is 20.7. The minimum Gasteiger partial charge on any atom is -0.504 e. The van der Waals surface area contributed by atoms with Crippen molar-refractivity contribution in [1.82, 2.24) is 5.32 Å². The zero-order chi connectivity index (χ0) is 38.3. The second-order valence-corrected chi connectivity index (χ2v) is 18.4. The molecule has 282 valence electrons. The van der Waals surface area contributed by atoms with Crippen LogP contribution < -0.4 is 18.4 Å². The molecule has 0 atom stereocenters. The van der Waals surface area contributed by atoms with Crippen LogP contribution in [0.4, 0.5) is 3.89 Å². The Morgan fingerprint density at radius 2 is 1.43 bits per heavy atom. The number of benzene rings is 3. The van der Waals surface area contributed by atoms with Gasteiger partial charge in [0.15, 0.2) is 21.3 Å². The maximum absolute atomic E-state index is 13.5. The Morgan fingerprint density at radius 1 is 0.804 bits per heavy atom. The lowest BCUT2D eigenvalue weighted by Crippen LogP contribution is -2.37. The smallest absolute Gasteiger partial charge is 0.501 e. The average Bonchev–Trinajstić information content (AvgIpc) is 2.99. The number of sulfone groups is 1. The summed E-state index contributed by atoms with van der Waals surface area (Å²) in [7, 11) is -13.2. The van der Waals surface area contributed by atoms with E-state index in [0.29, 0.717) is 18.8 Å². The van der Waals surface area contributed by atoms with Crippen LogP contribution in [-0.2, 0) is 53.3 Å². The summed E-state index contributed by atoms with van der Waals surface area (Å²) in [5.74, 6) is -3.19. The molecule has 0 bridgehead atoms. The van der Waals surface area contributed by atoms with E-state index in [4.69, 9.17) is 17.8 Å². The van der Waals surface area contributed by atoms with Crippen LogP contribution in [0, 0.1) is 10.8 Å². The normalized spacial score (nSPS) is 12.7. The summed E-state index contributed by atoms with van der Waals surface area (Å²) in [4.78, 5) is 12.9. The minimum absolute atomic E-state index is 0.00441. The maximum atomic E-state index is 13.5. The lowest BCUT2D eigenvalue weighted by molar-refractivity contribution is 0.0143. The van der Waals surface area contributed by atoms with Gasteiger partial charge in [-0.1, -0.05) is 52.8 Å². The molecule has 0 radical (unpaired) electrons. The summed E-state index contributed by atoms with van der Waals surface area (Å²) < 4.78 is 106. The third kappa shape index (κ3) is 14.7. The van der Waals surface area contributed by atoms with E-state index in [1.54, 1.807) is 0 Å². The SMILES string of the molecule is CCC(C)(C)COCC(C)(C)CNC(=O)c1ccc(O)c(OS(=O)(=O)Oc2ccc(COc3ccc(CS(C)(=O)=O)cc3CS(=O)(=O)F)cc2)c1. The fourth-order valence-electron chi connectivity index (χ4n) is 4.41. The van der Waals surface area contributed by atoms with Crippen molar-refractivity contribution in [3.63, 3.8) is 0 Å². The highest BCUT2D eigenvalue weighted by Gasteiger charge is 2.24. The molecular weight excluding hydrogens is 730 g/mol. The molecule has 0 aliphatic heterocycles. The molecule has 2 N–H and O–H groups in total. The van der Waals surface area contributed by atoms with Crippen molar-refractivity contribution in [2.75, 3.05) is 26.0 Å². The van der Waals surface area contributed by atoms with Gasteiger partial charge in [0.2, 0.25) is 0 Å². The average molecular weight is 774 g/mol. The number of nitrogens with one attached hydrogen (secondary N) is 1. The van der Waals surface area contributed by atoms with Crippen LogP contribution in [0.2, 0.25) is 0 Å². The Morgan fingerprint density at radius 3 is 2.04 bits per heavy atom. The lowest BCUT2D eigenvalue weighted by atomic mass is 9.91. The molecule has 0 saturated carbocycles. The van der Waals surface area contributed by atoms with Gasteiger partial charge in [-0.3, -0.25) is 4.79 Å². The number of amides is 1. The molecule has 0 aromatic heterocycles. The molecule has 1 amide bonds. The van der Waals surface area contributed by atoms with Crippen molar-refractivity contribution in [3.8, 4) is 23.0 Å². The Bertz CT molecular complexity index is 2010. The molecule has 0 unspecified atom stereocenters. The topological polar surface area (TPSA) is 189 Å². The predicted octanol–water partition coefficient (Wildman–Crippen LogP) is 5.23. The molecule has 3 aromatic rings. The van der Waals surface area contributed by atoms with Crippen molar-refractivity contribution in [1.29, 1.82) is 0 Å². The molecule has 0 fully saturated rings. The van der Waals surface area contributed by atoms with Gasteiger partial charge in [-0.05, 0) is 65.4 Å². The van der Waals surface area contributed by atoms with E-state index in [9.17, 15) is 39.0 Å². The van der Waals surface area contributed by atoms with Gasteiger partial charge in [-0.25, -0.2) is 8.42 Å². The summed E-state index contributed by atoms with van der Waals surface area (Å²) in [5.41, 5.74) is 0.318. The molecule has 3 aromatic carbocycles. The van der Waals surface area contributed by atoms with E-state index >= 15 is 0 Å². The van der Waals surface area contributed by atoms with Gasteiger partial charge >= 0.3 is 20.6 Å². The van der Waals surface area contributed by atoms with Crippen LogP contribution in [-0.4, -0.2) is 62.3 Å². The van der Waals surface area contributed by atoms with Crippen LogP contribution in [0.15, 0.2) is 60.7 Å². The number of carbonyl (C=O) groups is 1. The number of hydrogen-bond acceptors (Lipinski definition) is 12. The second-order valence-electron chi connectivity index (χ2n) is 13.7. The fourth-order valence-corrected chi connectivity index (χ4v) is 6.53. The molecule has 51 heavy (non-hydrogen) atoms. The molecule has 0 heterocycles. The van der Waals surface area contributed by atoms with Crippen molar-refractivity contribution in [3.05, 3.63) is 82.9 Å². The summed E-state index contributed by atoms with van der Waals surface area (Å²) in [5, 5.41) is 13.0. The van der Waals surface area contributed by atoms with Gasteiger partial charge in [0.05, 0.1) is 19.0 Å². The van der Waals surface area contributed by atoms with E-state index in [2.05, 4.69) is 26.1 Å². The zero-order valence-corrected chi connectivity index (χ0v) is 31.7.